The molecule has 1 aliphatic heterocycles. The van der Waals surface area contributed by atoms with Gasteiger partial charge in [0, 0.05) is 5.02 Å². The molecule has 0 N–H and O–H groups in total. The molecule has 0 spiro atoms. The average molecular weight is 326 g/mol. The van der Waals surface area contributed by atoms with Gasteiger partial charge in [0.15, 0.2) is 0 Å². The molecular formula is C17H12ClN3O2. The number of anilines is 1. The Balaban J connectivity index is 1.74. The third-order valence-electron chi connectivity index (χ3n) is 4.02. The van der Waals surface area contributed by atoms with E-state index in [2.05, 4.69) is 4.98 Å². The van der Waals surface area contributed by atoms with Crippen molar-refractivity contribution in [3.05, 3.63) is 59.9 Å². The summed E-state index contributed by atoms with van der Waals surface area (Å²) in [6.07, 6.45) is 1.74. The standard InChI is InChI=1S/C17H12ClN3O2/c18-11-5-7-12(8-6-11)21-16(22)9-15(17(21)23)20-10-19-13-3-1-2-4-14(13)20/h1-8,10,15H,9H2/t15-/m1/s1. The highest BCUT2D eigenvalue weighted by Gasteiger charge is 2.41. The number of hydrogen-bond acceptors (Lipinski definition) is 3. The molecule has 23 heavy (non-hydrogen) atoms. The fourth-order valence-corrected chi connectivity index (χ4v) is 3.05. The summed E-state index contributed by atoms with van der Waals surface area (Å²) in [5.41, 5.74) is 2.19. The maximum Gasteiger partial charge on any atom is 0.257 e. The number of rotatable bonds is 2. The fourth-order valence-electron chi connectivity index (χ4n) is 2.92. The van der Waals surface area contributed by atoms with Gasteiger partial charge in [0.25, 0.3) is 5.91 Å². The number of aromatic nitrogens is 2. The van der Waals surface area contributed by atoms with E-state index in [-0.39, 0.29) is 18.2 Å². The first-order valence-electron chi connectivity index (χ1n) is 7.19. The summed E-state index contributed by atoms with van der Waals surface area (Å²) < 4.78 is 1.77. The molecule has 2 amide bonds. The second-order valence-electron chi connectivity index (χ2n) is 5.40. The van der Waals surface area contributed by atoms with Crippen LogP contribution in [0.25, 0.3) is 11.0 Å². The quantitative estimate of drug-likeness (QED) is 0.680. The Kier molecular flexibility index (Phi) is 3.16. The van der Waals surface area contributed by atoms with Crippen molar-refractivity contribution in [1.29, 1.82) is 0 Å². The third-order valence-corrected chi connectivity index (χ3v) is 4.28. The number of hydrogen-bond donors (Lipinski definition) is 0. The molecule has 6 heteroatoms. The molecule has 1 saturated heterocycles. The van der Waals surface area contributed by atoms with Crippen LogP contribution in [0.15, 0.2) is 54.9 Å². The second kappa shape index (κ2) is 5.21. The number of imidazole rings is 1. The topological polar surface area (TPSA) is 55.2 Å². The maximum absolute atomic E-state index is 12.8. The lowest BCUT2D eigenvalue weighted by Gasteiger charge is -2.15. The van der Waals surface area contributed by atoms with E-state index in [0.717, 1.165) is 11.0 Å². The van der Waals surface area contributed by atoms with Gasteiger partial charge in [0.05, 0.1) is 29.5 Å². The minimum atomic E-state index is -0.564. The molecule has 0 radical (unpaired) electrons. The lowest BCUT2D eigenvalue weighted by molar-refractivity contribution is -0.122. The molecule has 1 atom stereocenters. The predicted molar refractivity (Wildman–Crippen MR) is 87.3 cm³/mol. The van der Waals surface area contributed by atoms with Crippen LogP contribution in [0.2, 0.25) is 5.02 Å². The highest BCUT2D eigenvalue weighted by atomic mass is 35.5. The second-order valence-corrected chi connectivity index (χ2v) is 5.84. The molecule has 5 nitrogen and oxygen atoms in total. The first-order valence-corrected chi connectivity index (χ1v) is 7.57. The molecule has 114 valence electrons. The van der Waals surface area contributed by atoms with Crippen LogP contribution < -0.4 is 4.90 Å². The Hall–Kier alpha value is -2.66. The summed E-state index contributed by atoms with van der Waals surface area (Å²) in [7, 11) is 0. The van der Waals surface area contributed by atoms with Crippen LogP contribution in [-0.2, 0) is 9.59 Å². The summed E-state index contributed by atoms with van der Waals surface area (Å²) in [6.45, 7) is 0. The van der Waals surface area contributed by atoms with E-state index in [1.54, 1.807) is 35.2 Å². The van der Waals surface area contributed by atoms with Gasteiger partial charge in [-0.25, -0.2) is 9.88 Å². The van der Waals surface area contributed by atoms with Crippen molar-refractivity contribution in [2.45, 2.75) is 12.5 Å². The highest BCUT2D eigenvalue weighted by Crippen LogP contribution is 2.32. The monoisotopic (exact) mass is 325 g/mol. The Bertz CT molecular complexity index is 917. The van der Waals surface area contributed by atoms with Gasteiger partial charge in [-0.15, -0.1) is 0 Å². The van der Waals surface area contributed by atoms with Crippen molar-refractivity contribution in [2.75, 3.05) is 4.90 Å². The lowest BCUT2D eigenvalue weighted by atomic mass is 10.2. The van der Waals surface area contributed by atoms with Gasteiger partial charge in [-0.3, -0.25) is 9.59 Å². The zero-order valence-corrected chi connectivity index (χ0v) is 12.8. The molecule has 0 unspecified atom stereocenters. The van der Waals surface area contributed by atoms with Gasteiger partial charge >= 0.3 is 0 Å². The Labute approximate surface area is 137 Å². The van der Waals surface area contributed by atoms with E-state index < -0.39 is 6.04 Å². The molecular weight excluding hydrogens is 314 g/mol. The smallest absolute Gasteiger partial charge is 0.257 e. The van der Waals surface area contributed by atoms with Crippen LogP contribution in [0, 0.1) is 0 Å². The lowest BCUT2D eigenvalue weighted by Crippen LogP contribution is -2.30. The number of fused-ring (bicyclic) bond motifs is 1. The molecule has 4 rings (SSSR count). The minimum absolute atomic E-state index is 0.127. The van der Waals surface area contributed by atoms with Crippen molar-refractivity contribution < 1.29 is 9.59 Å². The highest BCUT2D eigenvalue weighted by molar-refractivity contribution is 6.30. The first-order chi connectivity index (χ1) is 11.1. The van der Waals surface area contributed by atoms with E-state index in [1.165, 1.54) is 4.90 Å². The molecule has 2 aromatic carbocycles. The van der Waals surface area contributed by atoms with Crippen molar-refractivity contribution in [3.8, 4) is 0 Å². The Morgan fingerprint density at radius 2 is 1.78 bits per heavy atom. The Morgan fingerprint density at radius 3 is 2.57 bits per heavy atom. The summed E-state index contributed by atoms with van der Waals surface area (Å²) in [5, 5.41) is 0.560. The van der Waals surface area contributed by atoms with Gasteiger partial charge in [-0.2, -0.15) is 0 Å². The minimum Gasteiger partial charge on any atom is -0.317 e. The van der Waals surface area contributed by atoms with Crippen molar-refractivity contribution >= 4 is 40.1 Å². The van der Waals surface area contributed by atoms with Crippen LogP contribution in [0.4, 0.5) is 5.69 Å². The summed E-state index contributed by atoms with van der Waals surface area (Å²) in [5.74, 6) is -0.472. The zero-order chi connectivity index (χ0) is 16.0. The molecule has 1 fully saturated rings. The van der Waals surface area contributed by atoms with Gasteiger partial charge in [0.2, 0.25) is 5.91 Å². The number of halogens is 1. The van der Waals surface area contributed by atoms with Crippen LogP contribution in [0.3, 0.4) is 0 Å². The number of nitrogens with zero attached hydrogens (tertiary/aromatic N) is 3. The third kappa shape index (κ3) is 2.21. The van der Waals surface area contributed by atoms with Gasteiger partial charge in [-0.1, -0.05) is 23.7 Å². The van der Waals surface area contributed by atoms with Crippen molar-refractivity contribution in [3.63, 3.8) is 0 Å². The van der Waals surface area contributed by atoms with Gasteiger partial charge < -0.3 is 4.57 Å². The molecule has 0 bridgehead atoms. The van der Waals surface area contributed by atoms with E-state index >= 15 is 0 Å². The molecule has 3 aromatic rings. The van der Waals surface area contributed by atoms with Crippen LogP contribution in [0.5, 0.6) is 0 Å². The number of carbonyl (C=O) groups excluding carboxylic acids is 2. The SMILES string of the molecule is O=C1C[C@@H](n2cnc3ccccc32)C(=O)N1c1ccc(Cl)cc1. The van der Waals surface area contributed by atoms with E-state index in [4.69, 9.17) is 11.6 Å². The molecule has 0 saturated carbocycles. The summed E-state index contributed by atoms with van der Waals surface area (Å²) >= 11 is 5.87. The normalized spacial score (nSPS) is 18.1. The Morgan fingerprint density at radius 1 is 1.04 bits per heavy atom. The van der Waals surface area contributed by atoms with Gasteiger partial charge in [0.1, 0.15) is 6.04 Å². The number of benzene rings is 2. The number of para-hydroxylation sites is 2. The largest absolute Gasteiger partial charge is 0.317 e. The average Bonchev–Trinajstić information content (AvgIpc) is 3.10. The zero-order valence-electron chi connectivity index (χ0n) is 12.0. The number of amides is 2. The first kappa shape index (κ1) is 14.0. The van der Waals surface area contributed by atoms with Gasteiger partial charge in [-0.05, 0) is 36.4 Å². The molecule has 1 aliphatic rings. The van der Waals surface area contributed by atoms with E-state index in [1.807, 2.05) is 24.3 Å². The molecule has 1 aromatic heterocycles. The van der Waals surface area contributed by atoms with Crippen LogP contribution >= 0.6 is 11.6 Å². The van der Waals surface area contributed by atoms with Crippen molar-refractivity contribution in [2.24, 2.45) is 0 Å². The van der Waals surface area contributed by atoms with Crippen LogP contribution in [0.1, 0.15) is 12.5 Å². The predicted octanol–water partition coefficient (Wildman–Crippen LogP) is 3.19. The molecule has 2 heterocycles. The number of carbonyl (C=O) groups is 2. The maximum atomic E-state index is 12.8. The number of imide groups is 1. The van der Waals surface area contributed by atoms with Crippen molar-refractivity contribution in [1.82, 2.24) is 9.55 Å². The molecule has 0 aliphatic carbocycles. The summed E-state index contributed by atoms with van der Waals surface area (Å²) in [4.78, 5) is 30.6. The summed E-state index contributed by atoms with van der Waals surface area (Å²) in [6, 6.07) is 13.7. The fraction of sp³-hybridized carbons (Fsp3) is 0.118. The van der Waals surface area contributed by atoms with E-state index in [0.29, 0.717) is 10.7 Å². The van der Waals surface area contributed by atoms with E-state index in [9.17, 15) is 9.59 Å². The van der Waals surface area contributed by atoms with Crippen LogP contribution in [-0.4, -0.2) is 21.4 Å².